The number of Topliss-reactive ketones (excluding diaryl/α,β-unsaturated/α-hetero) is 1. The standard InChI is InChI=1S/C12H13ClO3/c1-8(12(15)16-2)6-11(14)9-4-3-5-10(13)7-9/h3-5,7-8H,6H2,1-2H3. The van der Waals surface area contributed by atoms with E-state index in [0.717, 1.165) is 0 Å². The molecule has 0 aliphatic rings. The number of methoxy groups -OCH3 is 1. The fourth-order valence-corrected chi connectivity index (χ4v) is 1.53. The van der Waals surface area contributed by atoms with Crippen LogP contribution in [0.5, 0.6) is 0 Å². The van der Waals surface area contributed by atoms with Crippen molar-refractivity contribution in [3.05, 3.63) is 34.9 Å². The summed E-state index contributed by atoms with van der Waals surface area (Å²) in [6, 6.07) is 6.67. The zero-order valence-electron chi connectivity index (χ0n) is 9.20. The number of benzene rings is 1. The lowest BCUT2D eigenvalue weighted by molar-refractivity contribution is -0.144. The van der Waals surface area contributed by atoms with Gasteiger partial charge < -0.3 is 4.74 Å². The molecular formula is C12H13ClO3. The van der Waals surface area contributed by atoms with E-state index in [2.05, 4.69) is 4.74 Å². The Morgan fingerprint density at radius 2 is 2.12 bits per heavy atom. The van der Waals surface area contributed by atoms with Crippen LogP contribution < -0.4 is 0 Å². The van der Waals surface area contributed by atoms with Crippen molar-refractivity contribution in [3.63, 3.8) is 0 Å². The van der Waals surface area contributed by atoms with Crippen LogP contribution in [0.2, 0.25) is 5.02 Å². The maximum atomic E-state index is 11.8. The Morgan fingerprint density at radius 1 is 1.44 bits per heavy atom. The number of hydrogen-bond donors (Lipinski definition) is 0. The highest BCUT2D eigenvalue weighted by Gasteiger charge is 2.18. The fourth-order valence-electron chi connectivity index (χ4n) is 1.34. The van der Waals surface area contributed by atoms with E-state index in [1.807, 2.05) is 0 Å². The Kier molecular flexibility index (Phi) is 4.50. The molecule has 4 heteroatoms. The van der Waals surface area contributed by atoms with Crippen molar-refractivity contribution >= 4 is 23.4 Å². The Bertz CT molecular complexity index is 401. The zero-order chi connectivity index (χ0) is 12.1. The van der Waals surface area contributed by atoms with Crippen LogP contribution in [-0.2, 0) is 9.53 Å². The smallest absolute Gasteiger partial charge is 0.308 e. The molecule has 86 valence electrons. The minimum atomic E-state index is -0.434. The Labute approximate surface area is 99.4 Å². The van der Waals surface area contributed by atoms with Gasteiger partial charge in [-0.05, 0) is 12.1 Å². The lowest BCUT2D eigenvalue weighted by atomic mass is 10.00. The summed E-state index contributed by atoms with van der Waals surface area (Å²) in [5.74, 6) is -0.924. The normalized spacial score (nSPS) is 11.9. The molecule has 1 unspecified atom stereocenters. The maximum absolute atomic E-state index is 11.8. The van der Waals surface area contributed by atoms with Crippen LogP contribution >= 0.6 is 11.6 Å². The Hall–Kier alpha value is -1.35. The maximum Gasteiger partial charge on any atom is 0.308 e. The Balaban J connectivity index is 2.69. The van der Waals surface area contributed by atoms with Crippen LogP contribution in [0.1, 0.15) is 23.7 Å². The molecule has 3 nitrogen and oxygen atoms in total. The molecule has 0 saturated heterocycles. The average Bonchev–Trinajstić information content (AvgIpc) is 2.27. The first kappa shape index (κ1) is 12.7. The molecule has 0 aromatic heterocycles. The summed E-state index contributed by atoms with van der Waals surface area (Å²) in [6.45, 7) is 1.66. The van der Waals surface area contributed by atoms with Crippen LogP contribution in [0.15, 0.2) is 24.3 Å². The number of ketones is 1. The van der Waals surface area contributed by atoms with Gasteiger partial charge in [-0.2, -0.15) is 0 Å². The predicted octanol–water partition coefficient (Wildman–Crippen LogP) is 2.72. The SMILES string of the molecule is COC(=O)C(C)CC(=O)c1cccc(Cl)c1. The summed E-state index contributed by atoms with van der Waals surface area (Å²) < 4.78 is 4.56. The minimum absolute atomic E-state index is 0.111. The van der Waals surface area contributed by atoms with E-state index in [4.69, 9.17) is 11.6 Å². The molecule has 1 aromatic rings. The van der Waals surface area contributed by atoms with Crippen molar-refractivity contribution in [2.24, 2.45) is 5.92 Å². The monoisotopic (exact) mass is 240 g/mol. The molecule has 0 amide bonds. The quantitative estimate of drug-likeness (QED) is 0.600. The molecule has 16 heavy (non-hydrogen) atoms. The lowest BCUT2D eigenvalue weighted by Gasteiger charge is -2.08. The van der Waals surface area contributed by atoms with Gasteiger partial charge in [0, 0.05) is 17.0 Å². The molecule has 0 saturated carbocycles. The largest absolute Gasteiger partial charge is 0.469 e. The third-order valence-corrected chi connectivity index (χ3v) is 2.48. The summed E-state index contributed by atoms with van der Waals surface area (Å²) in [4.78, 5) is 22.9. The molecule has 1 aromatic carbocycles. The third-order valence-electron chi connectivity index (χ3n) is 2.24. The Morgan fingerprint density at radius 3 is 2.69 bits per heavy atom. The topological polar surface area (TPSA) is 43.4 Å². The molecule has 0 N–H and O–H groups in total. The van der Waals surface area contributed by atoms with Crippen molar-refractivity contribution in [2.75, 3.05) is 7.11 Å². The predicted molar refractivity (Wildman–Crippen MR) is 61.6 cm³/mol. The number of carbonyl (C=O) groups excluding carboxylic acids is 2. The molecule has 1 rings (SSSR count). The second-order valence-electron chi connectivity index (χ2n) is 3.56. The summed E-state index contributed by atoms with van der Waals surface area (Å²) >= 11 is 5.77. The number of esters is 1. The van der Waals surface area contributed by atoms with Gasteiger partial charge in [0.15, 0.2) is 5.78 Å². The van der Waals surface area contributed by atoms with Gasteiger partial charge >= 0.3 is 5.97 Å². The van der Waals surface area contributed by atoms with E-state index in [9.17, 15) is 9.59 Å². The first-order valence-electron chi connectivity index (χ1n) is 4.91. The minimum Gasteiger partial charge on any atom is -0.469 e. The molecular weight excluding hydrogens is 228 g/mol. The number of hydrogen-bond acceptors (Lipinski definition) is 3. The first-order chi connectivity index (χ1) is 7.54. The molecule has 0 aliphatic heterocycles. The van der Waals surface area contributed by atoms with Gasteiger partial charge in [0.25, 0.3) is 0 Å². The van der Waals surface area contributed by atoms with E-state index >= 15 is 0 Å². The highest BCUT2D eigenvalue weighted by molar-refractivity contribution is 6.31. The van der Waals surface area contributed by atoms with Crippen molar-refractivity contribution in [2.45, 2.75) is 13.3 Å². The van der Waals surface area contributed by atoms with Gasteiger partial charge in [-0.3, -0.25) is 9.59 Å². The van der Waals surface area contributed by atoms with Crippen molar-refractivity contribution in [1.82, 2.24) is 0 Å². The summed E-state index contributed by atoms with van der Waals surface area (Å²) in [6.07, 6.45) is 0.132. The zero-order valence-corrected chi connectivity index (χ0v) is 9.95. The molecule has 0 aliphatic carbocycles. The van der Waals surface area contributed by atoms with E-state index < -0.39 is 5.92 Å². The van der Waals surface area contributed by atoms with Crippen LogP contribution in [-0.4, -0.2) is 18.9 Å². The lowest BCUT2D eigenvalue weighted by Crippen LogP contribution is -2.16. The summed E-state index contributed by atoms with van der Waals surface area (Å²) in [5, 5.41) is 0.511. The molecule has 0 heterocycles. The second kappa shape index (κ2) is 5.66. The third kappa shape index (κ3) is 3.35. The van der Waals surface area contributed by atoms with Gasteiger partial charge in [-0.1, -0.05) is 30.7 Å². The molecule has 0 fully saturated rings. The number of ether oxygens (including phenoxy) is 1. The highest BCUT2D eigenvalue weighted by atomic mass is 35.5. The molecule has 0 spiro atoms. The van der Waals surface area contributed by atoms with E-state index in [1.165, 1.54) is 7.11 Å². The van der Waals surface area contributed by atoms with E-state index in [1.54, 1.807) is 31.2 Å². The van der Waals surface area contributed by atoms with E-state index in [0.29, 0.717) is 10.6 Å². The van der Waals surface area contributed by atoms with Crippen LogP contribution in [0.3, 0.4) is 0 Å². The fraction of sp³-hybridized carbons (Fsp3) is 0.333. The van der Waals surface area contributed by atoms with Crippen LogP contribution in [0.25, 0.3) is 0 Å². The van der Waals surface area contributed by atoms with Gasteiger partial charge in [-0.15, -0.1) is 0 Å². The number of carbonyl (C=O) groups is 2. The summed E-state index contributed by atoms with van der Waals surface area (Å²) in [7, 11) is 1.31. The summed E-state index contributed by atoms with van der Waals surface area (Å²) in [5.41, 5.74) is 0.517. The number of halogens is 1. The van der Waals surface area contributed by atoms with Crippen molar-refractivity contribution in [1.29, 1.82) is 0 Å². The van der Waals surface area contributed by atoms with Crippen LogP contribution in [0, 0.1) is 5.92 Å². The molecule has 0 radical (unpaired) electrons. The van der Waals surface area contributed by atoms with Gasteiger partial charge in [0.1, 0.15) is 0 Å². The van der Waals surface area contributed by atoms with E-state index in [-0.39, 0.29) is 18.2 Å². The van der Waals surface area contributed by atoms with Crippen molar-refractivity contribution < 1.29 is 14.3 Å². The average molecular weight is 241 g/mol. The molecule has 0 bridgehead atoms. The van der Waals surface area contributed by atoms with Gasteiger partial charge in [-0.25, -0.2) is 0 Å². The highest BCUT2D eigenvalue weighted by Crippen LogP contribution is 2.15. The first-order valence-corrected chi connectivity index (χ1v) is 5.29. The van der Waals surface area contributed by atoms with Gasteiger partial charge in [0.05, 0.1) is 13.0 Å². The van der Waals surface area contributed by atoms with Crippen LogP contribution in [0.4, 0.5) is 0 Å². The number of rotatable bonds is 4. The van der Waals surface area contributed by atoms with Gasteiger partial charge in [0.2, 0.25) is 0 Å². The molecule has 1 atom stereocenters. The van der Waals surface area contributed by atoms with Crippen molar-refractivity contribution in [3.8, 4) is 0 Å². The second-order valence-corrected chi connectivity index (χ2v) is 4.00.